The summed E-state index contributed by atoms with van der Waals surface area (Å²) < 4.78 is 7.57. The fourth-order valence-electron chi connectivity index (χ4n) is 4.16. The standard InChI is InChI=1S/C22H25N3O4/c1-14(11-20(26)27)23-22(28)15-7-8-19-18(12-15)24-21(16-9-10-29-13-16)25(19)17-5-3-2-4-6-17/h7-10,12-14,17H,2-6,11H2,1H3,(H,23,28)(H,26,27). The Morgan fingerprint density at radius 3 is 2.76 bits per heavy atom. The molecule has 1 atom stereocenters. The number of carbonyl (C=O) groups excluding carboxylic acids is 1. The maximum Gasteiger partial charge on any atom is 0.305 e. The van der Waals surface area contributed by atoms with Crippen LogP contribution < -0.4 is 5.32 Å². The summed E-state index contributed by atoms with van der Waals surface area (Å²) >= 11 is 0. The number of carboxylic acid groups (broad SMARTS) is 1. The smallest absolute Gasteiger partial charge is 0.305 e. The van der Waals surface area contributed by atoms with Crippen LogP contribution in [0.3, 0.4) is 0 Å². The van der Waals surface area contributed by atoms with Crippen LogP contribution in [-0.2, 0) is 4.79 Å². The van der Waals surface area contributed by atoms with E-state index in [1.54, 1.807) is 31.6 Å². The predicted octanol–water partition coefficient (Wildman–Crippen LogP) is 4.39. The SMILES string of the molecule is CC(CC(=O)O)NC(=O)c1ccc2c(c1)nc(-c1ccoc1)n2C1CCCCC1. The summed E-state index contributed by atoms with van der Waals surface area (Å²) in [7, 11) is 0. The van der Waals surface area contributed by atoms with Crippen LogP contribution in [0.5, 0.6) is 0 Å². The first-order valence-electron chi connectivity index (χ1n) is 10.1. The van der Waals surface area contributed by atoms with Crippen LogP contribution >= 0.6 is 0 Å². The highest BCUT2D eigenvalue weighted by molar-refractivity contribution is 5.98. The monoisotopic (exact) mass is 395 g/mol. The summed E-state index contributed by atoms with van der Waals surface area (Å²) in [6.07, 6.45) is 9.13. The maximum atomic E-state index is 12.5. The maximum absolute atomic E-state index is 12.5. The van der Waals surface area contributed by atoms with E-state index in [4.69, 9.17) is 14.5 Å². The molecule has 0 saturated heterocycles. The van der Waals surface area contributed by atoms with Gasteiger partial charge in [0, 0.05) is 17.6 Å². The number of carboxylic acids is 1. The molecule has 152 valence electrons. The van der Waals surface area contributed by atoms with Crippen molar-refractivity contribution in [1.82, 2.24) is 14.9 Å². The molecular formula is C22H25N3O4. The Kier molecular flexibility index (Phi) is 5.38. The highest BCUT2D eigenvalue weighted by Crippen LogP contribution is 2.36. The lowest BCUT2D eigenvalue weighted by Crippen LogP contribution is -2.34. The van der Waals surface area contributed by atoms with Gasteiger partial charge in [-0.2, -0.15) is 0 Å². The average molecular weight is 395 g/mol. The Labute approximate surface area is 168 Å². The highest BCUT2D eigenvalue weighted by atomic mass is 16.4. The number of furan rings is 1. The Balaban J connectivity index is 1.70. The van der Waals surface area contributed by atoms with Gasteiger partial charge in [-0.25, -0.2) is 4.98 Å². The number of nitrogens with one attached hydrogen (secondary N) is 1. The Morgan fingerprint density at radius 2 is 2.07 bits per heavy atom. The largest absolute Gasteiger partial charge is 0.481 e. The third kappa shape index (κ3) is 4.04. The van der Waals surface area contributed by atoms with Crippen LogP contribution in [0.15, 0.2) is 41.2 Å². The minimum Gasteiger partial charge on any atom is -0.481 e. The molecule has 0 aliphatic heterocycles. The number of rotatable bonds is 6. The first-order chi connectivity index (χ1) is 14.0. The van der Waals surface area contributed by atoms with Gasteiger partial charge >= 0.3 is 5.97 Å². The van der Waals surface area contributed by atoms with Crippen molar-refractivity contribution in [2.24, 2.45) is 0 Å². The minimum absolute atomic E-state index is 0.116. The van der Waals surface area contributed by atoms with E-state index in [2.05, 4.69) is 9.88 Å². The van der Waals surface area contributed by atoms with E-state index in [1.165, 1.54) is 19.3 Å². The van der Waals surface area contributed by atoms with E-state index in [0.29, 0.717) is 11.6 Å². The number of aliphatic carboxylic acids is 1. The number of imidazole rings is 1. The number of benzene rings is 1. The van der Waals surface area contributed by atoms with Crippen LogP contribution in [0.25, 0.3) is 22.4 Å². The van der Waals surface area contributed by atoms with Crippen LogP contribution in [0, 0.1) is 0 Å². The number of amides is 1. The van der Waals surface area contributed by atoms with Gasteiger partial charge in [0.2, 0.25) is 0 Å². The summed E-state index contributed by atoms with van der Waals surface area (Å²) in [5.74, 6) is -0.376. The third-order valence-electron chi connectivity index (χ3n) is 5.53. The second kappa shape index (κ2) is 8.11. The van der Waals surface area contributed by atoms with E-state index in [0.717, 1.165) is 35.3 Å². The van der Waals surface area contributed by atoms with E-state index in [-0.39, 0.29) is 12.3 Å². The second-order valence-corrected chi connectivity index (χ2v) is 7.79. The molecule has 2 heterocycles. The van der Waals surface area contributed by atoms with Crippen molar-refractivity contribution in [2.45, 2.75) is 57.5 Å². The number of hydrogen-bond acceptors (Lipinski definition) is 4. The van der Waals surface area contributed by atoms with E-state index in [9.17, 15) is 9.59 Å². The average Bonchev–Trinajstić information content (AvgIpc) is 3.35. The molecule has 2 aromatic heterocycles. The third-order valence-corrected chi connectivity index (χ3v) is 5.53. The van der Waals surface area contributed by atoms with Gasteiger partial charge in [0.25, 0.3) is 5.91 Å². The molecule has 7 nitrogen and oxygen atoms in total. The number of hydrogen-bond donors (Lipinski definition) is 2. The molecule has 0 bridgehead atoms. The Hall–Kier alpha value is -3.09. The van der Waals surface area contributed by atoms with Gasteiger partial charge in [0.15, 0.2) is 0 Å². The normalized spacial score (nSPS) is 16.0. The zero-order valence-electron chi connectivity index (χ0n) is 16.4. The van der Waals surface area contributed by atoms with Crippen molar-refractivity contribution < 1.29 is 19.1 Å². The van der Waals surface area contributed by atoms with Gasteiger partial charge in [0.1, 0.15) is 12.1 Å². The van der Waals surface area contributed by atoms with E-state index >= 15 is 0 Å². The van der Waals surface area contributed by atoms with Gasteiger partial charge in [-0.1, -0.05) is 19.3 Å². The van der Waals surface area contributed by atoms with Gasteiger partial charge in [-0.05, 0) is 44.0 Å². The lowest BCUT2D eigenvalue weighted by Gasteiger charge is -2.25. The van der Waals surface area contributed by atoms with E-state index in [1.807, 2.05) is 12.1 Å². The predicted molar refractivity (Wildman–Crippen MR) is 109 cm³/mol. The Morgan fingerprint density at radius 1 is 1.28 bits per heavy atom. The molecule has 1 aliphatic carbocycles. The molecule has 3 aromatic rings. The molecule has 1 amide bonds. The number of nitrogens with zero attached hydrogens (tertiary/aromatic N) is 2. The summed E-state index contributed by atoms with van der Waals surface area (Å²) in [5.41, 5.74) is 3.16. The zero-order valence-corrected chi connectivity index (χ0v) is 16.4. The quantitative estimate of drug-likeness (QED) is 0.645. The van der Waals surface area contributed by atoms with Crippen molar-refractivity contribution in [3.05, 3.63) is 42.4 Å². The number of aromatic nitrogens is 2. The molecule has 1 unspecified atom stereocenters. The molecular weight excluding hydrogens is 370 g/mol. The summed E-state index contributed by atoms with van der Waals surface area (Å²) in [6, 6.07) is 7.34. The molecule has 4 rings (SSSR count). The number of carbonyl (C=O) groups is 2. The lowest BCUT2D eigenvalue weighted by atomic mass is 9.95. The van der Waals surface area contributed by atoms with Gasteiger partial charge in [-0.15, -0.1) is 0 Å². The Bertz CT molecular complexity index is 1020. The molecule has 1 saturated carbocycles. The van der Waals surface area contributed by atoms with Crippen molar-refractivity contribution in [2.75, 3.05) is 0 Å². The fraction of sp³-hybridized carbons (Fsp3) is 0.409. The summed E-state index contributed by atoms with van der Waals surface area (Å²) in [4.78, 5) is 28.2. The van der Waals surface area contributed by atoms with Crippen molar-refractivity contribution in [3.8, 4) is 11.4 Å². The molecule has 7 heteroatoms. The molecule has 1 aromatic carbocycles. The van der Waals surface area contributed by atoms with Gasteiger partial charge in [0.05, 0.1) is 29.3 Å². The first-order valence-corrected chi connectivity index (χ1v) is 10.1. The minimum atomic E-state index is -0.941. The van der Waals surface area contributed by atoms with Crippen molar-refractivity contribution >= 4 is 22.9 Å². The summed E-state index contributed by atoms with van der Waals surface area (Å²) in [5, 5.41) is 11.6. The molecule has 0 radical (unpaired) electrons. The lowest BCUT2D eigenvalue weighted by molar-refractivity contribution is -0.137. The topological polar surface area (TPSA) is 97.4 Å². The van der Waals surface area contributed by atoms with Crippen LogP contribution in [-0.4, -0.2) is 32.6 Å². The second-order valence-electron chi connectivity index (χ2n) is 7.79. The zero-order chi connectivity index (χ0) is 20.4. The van der Waals surface area contributed by atoms with Crippen molar-refractivity contribution in [3.63, 3.8) is 0 Å². The van der Waals surface area contributed by atoms with Crippen LogP contribution in [0.1, 0.15) is 61.8 Å². The van der Waals surface area contributed by atoms with Crippen molar-refractivity contribution in [1.29, 1.82) is 0 Å². The van der Waals surface area contributed by atoms with Crippen LogP contribution in [0.2, 0.25) is 0 Å². The molecule has 29 heavy (non-hydrogen) atoms. The van der Waals surface area contributed by atoms with Gasteiger partial charge in [-0.3, -0.25) is 9.59 Å². The summed E-state index contributed by atoms with van der Waals surface area (Å²) in [6.45, 7) is 1.68. The molecule has 0 spiro atoms. The van der Waals surface area contributed by atoms with Crippen LogP contribution in [0.4, 0.5) is 0 Å². The number of fused-ring (bicyclic) bond motifs is 1. The molecule has 1 aliphatic rings. The first kappa shape index (κ1) is 19.2. The molecule has 2 N–H and O–H groups in total. The highest BCUT2D eigenvalue weighted by Gasteiger charge is 2.23. The van der Waals surface area contributed by atoms with Gasteiger partial charge < -0.3 is 19.4 Å². The fourth-order valence-corrected chi connectivity index (χ4v) is 4.16. The molecule has 1 fully saturated rings. The van der Waals surface area contributed by atoms with E-state index < -0.39 is 12.0 Å².